The third kappa shape index (κ3) is 3.40. The van der Waals surface area contributed by atoms with E-state index < -0.39 is 5.97 Å². The number of hydrogen-bond donors (Lipinski definition) is 3. The van der Waals surface area contributed by atoms with E-state index in [1.54, 1.807) is 24.3 Å². The van der Waals surface area contributed by atoms with Gasteiger partial charge in [-0.2, -0.15) is 5.10 Å². The number of halogens is 1. The van der Waals surface area contributed by atoms with Gasteiger partial charge < -0.3 is 10.5 Å². The SMILES string of the molecule is N=C/C(=N\Nc1ccc(Cl)cc1)C(=O)O. The fourth-order valence-corrected chi connectivity index (χ4v) is 0.917. The molecule has 0 unspecified atom stereocenters. The van der Waals surface area contributed by atoms with Gasteiger partial charge in [0.15, 0.2) is 5.71 Å². The Balaban J connectivity index is 2.74. The number of hydrogen-bond acceptors (Lipinski definition) is 4. The average molecular weight is 226 g/mol. The zero-order valence-corrected chi connectivity index (χ0v) is 8.32. The van der Waals surface area contributed by atoms with Crippen molar-refractivity contribution in [3.8, 4) is 0 Å². The van der Waals surface area contributed by atoms with E-state index in [0.29, 0.717) is 16.9 Å². The summed E-state index contributed by atoms with van der Waals surface area (Å²) in [5.74, 6) is -1.26. The summed E-state index contributed by atoms with van der Waals surface area (Å²) in [5, 5.41) is 19.4. The van der Waals surface area contributed by atoms with Crippen molar-refractivity contribution in [2.24, 2.45) is 5.10 Å². The number of carbonyl (C=O) groups is 1. The predicted octanol–water partition coefficient (Wildman–Crippen LogP) is 1.84. The summed E-state index contributed by atoms with van der Waals surface area (Å²) >= 11 is 5.66. The molecule has 1 rings (SSSR count). The van der Waals surface area contributed by atoms with Crippen molar-refractivity contribution in [1.82, 2.24) is 0 Å². The number of anilines is 1. The van der Waals surface area contributed by atoms with Crippen molar-refractivity contribution in [2.45, 2.75) is 0 Å². The molecule has 78 valence electrons. The topological polar surface area (TPSA) is 85.5 Å². The standard InChI is InChI=1S/C9H8ClN3O2/c10-6-1-3-7(4-2-6)12-13-8(5-11)9(14)15/h1-5,11-12H,(H,14,15)/b11-5?,13-8+. The zero-order chi connectivity index (χ0) is 11.3. The molecule has 5 nitrogen and oxygen atoms in total. The van der Waals surface area contributed by atoms with Gasteiger partial charge in [0.1, 0.15) is 0 Å². The molecule has 3 N–H and O–H groups in total. The van der Waals surface area contributed by atoms with Crippen molar-refractivity contribution in [1.29, 1.82) is 5.41 Å². The highest BCUT2D eigenvalue weighted by atomic mass is 35.5. The molecule has 0 spiro atoms. The Morgan fingerprint density at radius 2 is 2.07 bits per heavy atom. The molecule has 0 aliphatic rings. The number of benzene rings is 1. The van der Waals surface area contributed by atoms with Crippen LogP contribution in [-0.2, 0) is 4.79 Å². The van der Waals surface area contributed by atoms with E-state index in [0.717, 1.165) is 0 Å². The van der Waals surface area contributed by atoms with Gasteiger partial charge in [0.2, 0.25) is 0 Å². The summed E-state index contributed by atoms with van der Waals surface area (Å²) in [7, 11) is 0. The van der Waals surface area contributed by atoms with Crippen molar-refractivity contribution in [3.05, 3.63) is 29.3 Å². The van der Waals surface area contributed by atoms with Gasteiger partial charge in [-0.15, -0.1) is 0 Å². The van der Waals surface area contributed by atoms with Crippen LogP contribution in [0.5, 0.6) is 0 Å². The summed E-state index contributed by atoms with van der Waals surface area (Å²) < 4.78 is 0. The minimum absolute atomic E-state index is 0.370. The van der Waals surface area contributed by atoms with Crippen LogP contribution in [-0.4, -0.2) is 23.0 Å². The lowest BCUT2D eigenvalue weighted by molar-refractivity contribution is -0.129. The lowest BCUT2D eigenvalue weighted by Crippen LogP contribution is -2.15. The largest absolute Gasteiger partial charge is 0.476 e. The Bertz CT molecular complexity index is 400. The average Bonchev–Trinajstić information content (AvgIpc) is 2.21. The molecule has 1 aromatic rings. The molecule has 0 atom stereocenters. The van der Waals surface area contributed by atoms with Crippen molar-refractivity contribution >= 4 is 35.2 Å². The van der Waals surface area contributed by atoms with E-state index in [1.807, 2.05) is 0 Å². The maximum Gasteiger partial charge on any atom is 0.357 e. The molecule has 0 aromatic heterocycles. The van der Waals surface area contributed by atoms with Crippen molar-refractivity contribution < 1.29 is 9.90 Å². The second-order valence-electron chi connectivity index (χ2n) is 2.57. The van der Waals surface area contributed by atoms with Crippen molar-refractivity contribution in [2.75, 3.05) is 5.43 Å². The molecule has 1 aromatic carbocycles. The predicted molar refractivity (Wildman–Crippen MR) is 58.9 cm³/mol. The van der Waals surface area contributed by atoms with Crippen LogP contribution in [0.25, 0.3) is 0 Å². The molecule has 0 fully saturated rings. The van der Waals surface area contributed by atoms with E-state index in [4.69, 9.17) is 22.1 Å². The first-order chi connectivity index (χ1) is 7.13. The Kier molecular flexibility index (Phi) is 3.82. The fraction of sp³-hybridized carbons (Fsp3) is 0. The maximum atomic E-state index is 10.5. The summed E-state index contributed by atoms with van der Waals surface area (Å²) in [5.41, 5.74) is 2.73. The van der Waals surface area contributed by atoms with Crippen LogP contribution in [0.2, 0.25) is 5.02 Å². The van der Waals surface area contributed by atoms with Gasteiger partial charge >= 0.3 is 5.97 Å². The number of hydrazone groups is 1. The van der Waals surface area contributed by atoms with E-state index >= 15 is 0 Å². The maximum absolute atomic E-state index is 10.5. The van der Waals surface area contributed by atoms with Gasteiger partial charge in [-0.3, -0.25) is 5.43 Å². The first-order valence-electron chi connectivity index (χ1n) is 3.96. The first kappa shape index (κ1) is 11.2. The van der Waals surface area contributed by atoms with Crippen LogP contribution in [0, 0.1) is 5.41 Å². The third-order valence-corrected chi connectivity index (χ3v) is 1.76. The molecular formula is C9H8ClN3O2. The lowest BCUT2D eigenvalue weighted by atomic mass is 10.3. The smallest absolute Gasteiger partial charge is 0.357 e. The second kappa shape index (κ2) is 5.11. The Morgan fingerprint density at radius 3 is 2.53 bits per heavy atom. The molecule has 15 heavy (non-hydrogen) atoms. The third-order valence-electron chi connectivity index (χ3n) is 1.51. The molecule has 0 aliphatic carbocycles. The fourth-order valence-electron chi connectivity index (χ4n) is 0.791. The van der Waals surface area contributed by atoms with Crippen LogP contribution in [0.1, 0.15) is 0 Å². The first-order valence-corrected chi connectivity index (χ1v) is 4.34. The minimum atomic E-state index is -1.26. The van der Waals surface area contributed by atoms with E-state index in [1.165, 1.54) is 0 Å². The summed E-state index contributed by atoms with van der Waals surface area (Å²) in [6, 6.07) is 6.58. The highest BCUT2D eigenvalue weighted by Gasteiger charge is 2.04. The Labute approximate surface area is 90.9 Å². The highest BCUT2D eigenvalue weighted by molar-refractivity contribution is 6.58. The molecule has 0 saturated heterocycles. The Hall–Kier alpha value is -1.88. The monoisotopic (exact) mass is 225 g/mol. The number of nitrogens with one attached hydrogen (secondary N) is 2. The van der Waals surface area contributed by atoms with Crippen LogP contribution < -0.4 is 5.43 Å². The van der Waals surface area contributed by atoms with Crippen LogP contribution in [0.4, 0.5) is 5.69 Å². The van der Waals surface area contributed by atoms with Crippen molar-refractivity contribution in [3.63, 3.8) is 0 Å². The van der Waals surface area contributed by atoms with Crippen LogP contribution in [0.15, 0.2) is 29.4 Å². The van der Waals surface area contributed by atoms with E-state index in [2.05, 4.69) is 10.5 Å². The van der Waals surface area contributed by atoms with Gasteiger partial charge in [-0.1, -0.05) is 11.6 Å². The van der Waals surface area contributed by atoms with Gasteiger partial charge in [0.05, 0.1) is 11.9 Å². The molecule has 0 amide bonds. The van der Waals surface area contributed by atoms with Gasteiger partial charge in [-0.25, -0.2) is 4.79 Å². The molecular weight excluding hydrogens is 218 g/mol. The summed E-state index contributed by atoms with van der Waals surface area (Å²) in [6.45, 7) is 0. The Morgan fingerprint density at radius 1 is 1.47 bits per heavy atom. The van der Waals surface area contributed by atoms with E-state index in [-0.39, 0.29) is 5.71 Å². The molecule has 6 heteroatoms. The van der Waals surface area contributed by atoms with Gasteiger partial charge in [-0.05, 0) is 24.3 Å². The molecule has 0 aliphatic heterocycles. The highest BCUT2D eigenvalue weighted by Crippen LogP contribution is 2.13. The molecule has 0 radical (unpaired) electrons. The van der Waals surface area contributed by atoms with Crippen LogP contribution in [0.3, 0.4) is 0 Å². The van der Waals surface area contributed by atoms with E-state index in [9.17, 15) is 4.79 Å². The number of aliphatic carboxylic acids is 1. The number of carboxylic acid groups (broad SMARTS) is 1. The molecule has 0 saturated carbocycles. The second-order valence-corrected chi connectivity index (χ2v) is 3.00. The number of rotatable bonds is 4. The zero-order valence-electron chi connectivity index (χ0n) is 7.57. The lowest BCUT2D eigenvalue weighted by Gasteiger charge is -2.00. The molecule has 0 bridgehead atoms. The quantitative estimate of drug-likeness (QED) is 0.540. The summed E-state index contributed by atoms with van der Waals surface area (Å²) in [6.07, 6.45) is 0.658. The minimum Gasteiger partial charge on any atom is -0.476 e. The van der Waals surface area contributed by atoms with Crippen LogP contribution >= 0.6 is 11.6 Å². The number of nitrogens with zero attached hydrogens (tertiary/aromatic N) is 1. The molecule has 0 heterocycles. The number of carboxylic acids is 1. The van der Waals surface area contributed by atoms with Gasteiger partial charge in [0, 0.05) is 5.02 Å². The summed E-state index contributed by atoms with van der Waals surface area (Å²) in [4.78, 5) is 10.5. The van der Waals surface area contributed by atoms with Gasteiger partial charge in [0.25, 0.3) is 0 Å². The normalized spacial score (nSPS) is 10.9.